The molecule has 0 amide bonds. The van der Waals surface area contributed by atoms with E-state index in [4.69, 9.17) is 10.5 Å². The number of methoxy groups -OCH3 is 1. The van der Waals surface area contributed by atoms with E-state index < -0.39 is 0 Å². The van der Waals surface area contributed by atoms with E-state index >= 15 is 0 Å². The van der Waals surface area contributed by atoms with Gasteiger partial charge in [-0.05, 0) is 18.2 Å². The molecule has 0 saturated heterocycles. The molecule has 5 heteroatoms. The lowest BCUT2D eigenvalue weighted by Gasteiger charge is -2.08. The van der Waals surface area contributed by atoms with Crippen LogP contribution in [0, 0.1) is 0 Å². The van der Waals surface area contributed by atoms with Gasteiger partial charge in [0.25, 0.3) is 0 Å². The van der Waals surface area contributed by atoms with Crippen molar-refractivity contribution in [3.63, 3.8) is 0 Å². The van der Waals surface area contributed by atoms with E-state index in [9.17, 15) is 0 Å². The Morgan fingerprint density at radius 2 is 2.19 bits per heavy atom. The summed E-state index contributed by atoms with van der Waals surface area (Å²) in [5.74, 6) is 0.791. The van der Waals surface area contributed by atoms with Crippen molar-refractivity contribution in [2.75, 3.05) is 12.8 Å². The van der Waals surface area contributed by atoms with Gasteiger partial charge in [-0.3, -0.25) is 4.68 Å². The Hall–Kier alpha value is -1.49. The normalized spacial score (nSPS) is 10.4. The second-order valence-corrected chi connectivity index (χ2v) is 4.27. The maximum atomic E-state index is 5.89. The van der Waals surface area contributed by atoms with E-state index in [1.54, 1.807) is 18.0 Å². The topological polar surface area (TPSA) is 53.1 Å². The largest absolute Gasteiger partial charge is 0.497 e. The van der Waals surface area contributed by atoms with Gasteiger partial charge in [-0.1, -0.05) is 15.9 Å². The number of anilines is 1. The summed E-state index contributed by atoms with van der Waals surface area (Å²) in [6.45, 7) is 0. The smallest absolute Gasteiger partial charge is 0.119 e. The molecule has 0 unspecified atom stereocenters. The standard InChI is InChI=1S/C11H12BrN3O/c1-15-11(10(13)6-14-15)8-5-7(16-2)3-4-9(8)12/h3-6H,13H2,1-2H3. The van der Waals surface area contributed by atoms with Gasteiger partial charge in [-0.25, -0.2) is 0 Å². The molecule has 1 heterocycles. The van der Waals surface area contributed by atoms with Crippen LogP contribution in [0.4, 0.5) is 5.69 Å². The van der Waals surface area contributed by atoms with Gasteiger partial charge in [0.1, 0.15) is 5.75 Å². The molecule has 0 atom stereocenters. The van der Waals surface area contributed by atoms with Crippen LogP contribution in [-0.2, 0) is 7.05 Å². The van der Waals surface area contributed by atoms with E-state index in [2.05, 4.69) is 21.0 Å². The summed E-state index contributed by atoms with van der Waals surface area (Å²) in [6.07, 6.45) is 1.64. The predicted molar refractivity (Wildman–Crippen MR) is 67.3 cm³/mol. The number of nitrogen functional groups attached to an aromatic ring is 1. The van der Waals surface area contributed by atoms with Gasteiger partial charge in [0, 0.05) is 17.1 Å². The molecule has 4 nitrogen and oxygen atoms in total. The van der Waals surface area contributed by atoms with Gasteiger partial charge in [0.05, 0.1) is 24.7 Å². The van der Waals surface area contributed by atoms with Crippen LogP contribution in [0.2, 0.25) is 0 Å². The molecule has 16 heavy (non-hydrogen) atoms. The molecule has 0 fully saturated rings. The third kappa shape index (κ3) is 1.78. The fraction of sp³-hybridized carbons (Fsp3) is 0.182. The first kappa shape index (κ1) is 11.0. The molecule has 0 radical (unpaired) electrons. The van der Waals surface area contributed by atoms with Crippen molar-refractivity contribution in [2.24, 2.45) is 7.05 Å². The maximum Gasteiger partial charge on any atom is 0.119 e. The lowest BCUT2D eigenvalue weighted by molar-refractivity contribution is 0.415. The fourth-order valence-corrected chi connectivity index (χ4v) is 2.03. The zero-order valence-corrected chi connectivity index (χ0v) is 10.7. The van der Waals surface area contributed by atoms with Gasteiger partial charge in [0.15, 0.2) is 0 Å². The Morgan fingerprint density at radius 1 is 1.44 bits per heavy atom. The Labute approximate surface area is 102 Å². The molecule has 0 saturated carbocycles. The molecule has 84 valence electrons. The average molecular weight is 282 g/mol. The van der Waals surface area contributed by atoms with Crippen LogP contribution < -0.4 is 10.5 Å². The lowest BCUT2D eigenvalue weighted by atomic mass is 10.1. The van der Waals surface area contributed by atoms with Crippen molar-refractivity contribution >= 4 is 21.6 Å². The maximum absolute atomic E-state index is 5.89. The molecule has 0 aliphatic carbocycles. The third-order valence-electron chi connectivity index (χ3n) is 2.40. The summed E-state index contributed by atoms with van der Waals surface area (Å²) in [4.78, 5) is 0. The summed E-state index contributed by atoms with van der Waals surface area (Å²) in [6, 6.07) is 5.75. The molecule has 2 N–H and O–H groups in total. The summed E-state index contributed by atoms with van der Waals surface area (Å²) in [5, 5.41) is 4.12. The van der Waals surface area contributed by atoms with Gasteiger partial charge in [-0.2, -0.15) is 5.10 Å². The van der Waals surface area contributed by atoms with Crippen LogP contribution >= 0.6 is 15.9 Å². The number of nitrogens with two attached hydrogens (primary N) is 1. The number of aryl methyl sites for hydroxylation is 1. The number of ether oxygens (including phenoxy) is 1. The Balaban J connectivity index is 2.63. The summed E-state index contributed by atoms with van der Waals surface area (Å²) >= 11 is 3.50. The fourth-order valence-electron chi connectivity index (χ4n) is 1.60. The van der Waals surface area contributed by atoms with E-state index in [0.29, 0.717) is 5.69 Å². The molecule has 0 bridgehead atoms. The van der Waals surface area contributed by atoms with E-state index in [1.165, 1.54) is 0 Å². The van der Waals surface area contributed by atoms with Gasteiger partial charge < -0.3 is 10.5 Å². The van der Waals surface area contributed by atoms with Crippen LogP contribution in [0.3, 0.4) is 0 Å². The number of halogens is 1. The van der Waals surface area contributed by atoms with Crippen LogP contribution in [0.25, 0.3) is 11.3 Å². The summed E-state index contributed by atoms with van der Waals surface area (Å²) in [7, 11) is 3.50. The molecule has 0 aliphatic rings. The molecule has 2 rings (SSSR count). The van der Waals surface area contributed by atoms with Gasteiger partial charge in [0.2, 0.25) is 0 Å². The Kier molecular flexibility index (Phi) is 2.87. The van der Waals surface area contributed by atoms with Crippen molar-refractivity contribution in [3.05, 3.63) is 28.9 Å². The highest BCUT2D eigenvalue weighted by atomic mass is 79.9. The Bertz CT molecular complexity index is 502. The second kappa shape index (κ2) is 4.17. The Morgan fingerprint density at radius 3 is 2.75 bits per heavy atom. The van der Waals surface area contributed by atoms with Crippen molar-refractivity contribution in [2.45, 2.75) is 0 Å². The number of benzene rings is 1. The molecule has 0 aliphatic heterocycles. The minimum Gasteiger partial charge on any atom is -0.497 e. The highest BCUT2D eigenvalue weighted by Crippen LogP contribution is 2.34. The van der Waals surface area contributed by atoms with Crippen molar-refractivity contribution in [3.8, 4) is 17.0 Å². The number of hydrogen-bond donors (Lipinski definition) is 1. The minimum absolute atomic E-state index is 0.649. The van der Waals surface area contributed by atoms with Crippen molar-refractivity contribution < 1.29 is 4.74 Å². The highest BCUT2D eigenvalue weighted by Gasteiger charge is 2.12. The number of hydrogen-bond acceptors (Lipinski definition) is 3. The SMILES string of the molecule is COc1ccc(Br)c(-c2c(N)cnn2C)c1. The van der Waals surface area contributed by atoms with E-state index in [1.807, 2.05) is 25.2 Å². The van der Waals surface area contributed by atoms with Gasteiger partial charge in [-0.15, -0.1) is 0 Å². The van der Waals surface area contributed by atoms with Crippen LogP contribution in [0.15, 0.2) is 28.9 Å². The predicted octanol–water partition coefficient (Wildman–Crippen LogP) is 2.44. The minimum atomic E-state index is 0.649. The van der Waals surface area contributed by atoms with E-state index in [-0.39, 0.29) is 0 Å². The highest BCUT2D eigenvalue weighted by molar-refractivity contribution is 9.10. The quantitative estimate of drug-likeness (QED) is 0.920. The molecular weight excluding hydrogens is 270 g/mol. The van der Waals surface area contributed by atoms with Crippen LogP contribution in [-0.4, -0.2) is 16.9 Å². The zero-order chi connectivity index (χ0) is 11.7. The number of aromatic nitrogens is 2. The summed E-state index contributed by atoms with van der Waals surface area (Å²) < 4.78 is 7.90. The molecule has 2 aromatic rings. The summed E-state index contributed by atoms with van der Waals surface area (Å²) in [5.41, 5.74) is 8.39. The molecule has 0 spiro atoms. The third-order valence-corrected chi connectivity index (χ3v) is 3.09. The second-order valence-electron chi connectivity index (χ2n) is 3.42. The lowest BCUT2D eigenvalue weighted by Crippen LogP contribution is -1.97. The van der Waals surface area contributed by atoms with Crippen molar-refractivity contribution in [1.29, 1.82) is 0 Å². The van der Waals surface area contributed by atoms with Crippen molar-refractivity contribution in [1.82, 2.24) is 9.78 Å². The molecule has 1 aromatic heterocycles. The first-order valence-electron chi connectivity index (χ1n) is 4.75. The zero-order valence-electron chi connectivity index (χ0n) is 9.07. The van der Waals surface area contributed by atoms with Crippen LogP contribution in [0.1, 0.15) is 0 Å². The number of rotatable bonds is 2. The molecule has 1 aromatic carbocycles. The first-order chi connectivity index (χ1) is 7.63. The first-order valence-corrected chi connectivity index (χ1v) is 5.54. The molecular formula is C11H12BrN3O. The van der Waals surface area contributed by atoms with Crippen LogP contribution in [0.5, 0.6) is 5.75 Å². The van der Waals surface area contributed by atoms with Gasteiger partial charge >= 0.3 is 0 Å². The van der Waals surface area contributed by atoms with E-state index in [0.717, 1.165) is 21.5 Å². The number of nitrogens with zero attached hydrogens (tertiary/aromatic N) is 2. The average Bonchev–Trinajstić information content (AvgIpc) is 2.60. The monoisotopic (exact) mass is 281 g/mol.